The Morgan fingerprint density at radius 2 is 2.00 bits per heavy atom. The third-order valence-electron chi connectivity index (χ3n) is 5.42. The average molecular weight is 476 g/mol. The van der Waals surface area contributed by atoms with E-state index in [1.807, 2.05) is 0 Å². The zero-order chi connectivity index (χ0) is 24.0. The van der Waals surface area contributed by atoms with Crippen molar-refractivity contribution in [1.29, 1.82) is 0 Å². The van der Waals surface area contributed by atoms with Gasteiger partial charge in [-0.3, -0.25) is 14.5 Å². The van der Waals surface area contributed by atoms with Crippen LogP contribution in [-0.2, 0) is 16.1 Å². The summed E-state index contributed by atoms with van der Waals surface area (Å²) in [5.41, 5.74) is 1.99. The predicted octanol–water partition coefficient (Wildman–Crippen LogP) is 3.16. The van der Waals surface area contributed by atoms with Crippen molar-refractivity contribution < 1.29 is 23.8 Å². The van der Waals surface area contributed by atoms with Crippen molar-refractivity contribution >= 4 is 35.2 Å². The summed E-state index contributed by atoms with van der Waals surface area (Å²) in [5.74, 6) is -0.386. The Morgan fingerprint density at radius 3 is 2.64 bits per heavy atom. The number of rotatable bonds is 7. The molecule has 1 aliphatic heterocycles. The van der Waals surface area contributed by atoms with E-state index in [1.54, 1.807) is 35.2 Å². The smallest absolute Gasteiger partial charge is 0.246 e. The maximum Gasteiger partial charge on any atom is 0.246 e. The van der Waals surface area contributed by atoms with Gasteiger partial charge in [-0.15, -0.1) is 0 Å². The molecule has 1 heterocycles. The van der Waals surface area contributed by atoms with Crippen LogP contribution in [0.25, 0.3) is 6.08 Å². The van der Waals surface area contributed by atoms with Crippen LogP contribution >= 0.6 is 11.6 Å². The molecule has 2 N–H and O–H groups in total. The minimum absolute atomic E-state index is 0.175. The van der Waals surface area contributed by atoms with E-state index < -0.39 is 0 Å². The molecule has 1 saturated heterocycles. The van der Waals surface area contributed by atoms with E-state index in [1.165, 1.54) is 32.2 Å². The molecule has 0 aliphatic carbocycles. The van der Waals surface area contributed by atoms with Crippen LogP contribution in [-0.4, -0.2) is 66.1 Å². The molecule has 0 aromatic heterocycles. The molecule has 1 unspecified atom stereocenters. The van der Waals surface area contributed by atoms with Crippen molar-refractivity contribution in [2.45, 2.75) is 19.5 Å². The number of nitrogens with zero attached hydrogens (tertiary/aromatic N) is 2. The summed E-state index contributed by atoms with van der Waals surface area (Å²) in [4.78, 5) is 28.2. The van der Waals surface area contributed by atoms with Crippen LogP contribution in [0.4, 0.5) is 10.1 Å². The molecule has 3 rings (SSSR count). The molecule has 1 fully saturated rings. The fraction of sp³-hybridized carbons (Fsp3) is 0.333. The van der Waals surface area contributed by atoms with Crippen LogP contribution in [0.5, 0.6) is 5.75 Å². The first-order valence-electron chi connectivity index (χ1n) is 10.5. The van der Waals surface area contributed by atoms with Gasteiger partial charge in [0, 0.05) is 50.4 Å². The summed E-state index contributed by atoms with van der Waals surface area (Å²) >= 11 is 6.16. The fourth-order valence-corrected chi connectivity index (χ4v) is 4.02. The third kappa shape index (κ3) is 6.54. The van der Waals surface area contributed by atoms with Gasteiger partial charge in [0.25, 0.3) is 0 Å². The topological polar surface area (TPSA) is 82.1 Å². The van der Waals surface area contributed by atoms with Crippen LogP contribution in [0, 0.1) is 5.82 Å². The molecule has 9 heteroatoms. The second-order valence-electron chi connectivity index (χ2n) is 7.82. The minimum Gasteiger partial charge on any atom is -0.495 e. The van der Waals surface area contributed by atoms with E-state index in [0.717, 1.165) is 5.56 Å². The van der Waals surface area contributed by atoms with Gasteiger partial charge in [0.1, 0.15) is 11.6 Å². The molecule has 2 aromatic carbocycles. The van der Waals surface area contributed by atoms with Gasteiger partial charge in [0.15, 0.2) is 0 Å². The van der Waals surface area contributed by atoms with E-state index in [2.05, 4.69) is 10.2 Å². The highest BCUT2D eigenvalue weighted by Gasteiger charge is 2.29. The SMILES string of the molecule is COc1cc(C=CC(=O)N2CCN(Cc3ccc(F)cc3)CC2CO)c(NC(C)=O)cc1Cl. The molecule has 0 radical (unpaired) electrons. The Bertz CT molecular complexity index is 1030. The molecule has 2 aromatic rings. The Morgan fingerprint density at radius 1 is 1.27 bits per heavy atom. The molecule has 33 heavy (non-hydrogen) atoms. The first-order valence-corrected chi connectivity index (χ1v) is 10.9. The number of methoxy groups -OCH3 is 1. The van der Waals surface area contributed by atoms with Gasteiger partial charge in [0.2, 0.25) is 11.8 Å². The number of anilines is 1. The van der Waals surface area contributed by atoms with Crippen molar-refractivity contribution in [3.05, 3.63) is 64.4 Å². The van der Waals surface area contributed by atoms with Crippen LogP contribution in [0.1, 0.15) is 18.1 Å². The molecule has 1 atom stereocenters. The lowest BCUT2D eigenvalue weighted by Gasteiger charge is -2.40. The lowest BCUT2D eigenvalue weighted by atomic mass is 10.1. The van der Waals surface area contributed by atoms with Crippen LogP contribution in [0.15, 0.2) is 42.5 Å². The largest absolute Gasteiger partial charge is 0.495 e. The summed E-state index contributed by atoms with van der Waals surface area (Å²) in [6.07, 6.45) is 3.00. The molecule has 7 nitrogen and oxygen atoms in total. The van der Waals surface area contributed by atoms with E-state index in [0.29, 0.717) is 48.2 Å². The van der Waals surface area contributed by atoms with E-state index in [9.17, 15) is 19.1 Å². The number of hydrogen-bond acceptors (Lipinski definition) is 5. The second kappa shape index (κ2) is 11.3. The number of halogens is 2. The molecule has 0 spiro atoms. The van der Waals surface area contributed by atoms with Gasteiger partial charge < -0.3 is 20.1 Å². The highest BCUT2D eigenvalue weighted by atomic mass is 35.5. The first-order chi connectivity index (χ1) is 15.8. The van der Waals surface area contributed by atoms with E-state index in [-0.39, 0.29) is 30.3 Å². The van der Waals surface area contributed by atoms with Gasteiger partial charge >= 0.3 is 0 Å². The lowest BCUT2D eigenvalue weighted by molar-refractivity contribution is -0.132. The molecule has 0 bridgehead atoms. The summed E-state index contributed by atoms with van der Waals surface area (Å²) in [6.45, 7) is 3.38. The van der Waals surface area contributed by atoms with Gasteiger partial charge in [-0.1, -0.05) is 23.7 Å². The van der Waals surface area contributed by atoms with Gasteiger partial charge in [-0.05, 0) is 35.9 Å². The van der Waals surface area contributed by atoms with E-state index in [4.69, 9.17) is 16.3 Å². The molecule has 0 saturated carbocycles. The van der Waals surface area contributed by atoms with E-state index >= 15 is 0 Å². The number of carbonyl (C=O) groups excluding carboxylic acids is 2. The van der Waals surface area contributed by atoms with Crippen molar-refractivity contribution in [3.8, 4) is 5.75 Å². The number of ether oxygens (including phenoxy) is 1. The van der Waals surface area contributed by atoms with Crippen molar-refractivity contribution in [3.63, 3.8) is 0 Å². The summed E-state index contributed by atoms with van der Waals surface area (Å²) < 4.78 is 18.4. The Kier molecular flexibility index (Phi) is 8.43. The van der Waals surface area contributed by atoms with Crippen molar-refractivity contribution in [1.82, 2.24) is 9.80 Å². The molecule has 1 aliphatic rings. The van der Waals surface area contributed by atoms with Gasteiger partial charge in [0.05, 0.1) is 24.8 Å². The Balaban J connectivity index is 1.70. The highest BCUT2D eigenvalue weighted by Crippen LogP contribution is 2.32. The quantitative estimate of drug-likeness (QED) is 0.601. The maximum atomic E-state index is 13.1. The lowest BCUT2D eigenvalue weighted by Crippen LogP contribution is -2.55. The second-order valence-corrected chi connectivity index (χ2v) is 8.23. The number of amides is 2. The molecule has 2 amide bonds. The minimum atomic E-state index is -0.370. The molecular weight excluding hydrogens is 449 g/mol. The molecular formula is C24H27ClFN3O4. The summed E-state index contributed by atoms with van der Waals surface area (Å²) in [6, 6.07) is 9.14. The zero-order valence-electron chi connectivity index (χ0n) is 18.6. The average Bonchev–Trinajstić information content (AvgIpc) is 2.79. The first kappa shape index (κ1) is 24.7. The number of carbonyl (C=O) groups is 2. The third-order valence-corrected chi connectivity index (χ3v) is 5.72. The Labute approximate surface area is 197 Å². The predicted molar refractivity (Wildman–Crippen MR) is 126 cm³/mol. The number of aliphatic hydroxyl groups is 1. The van der Waals surface area contributed by atoms with Gasteiger partial charge in [-0.25, -0.2) is 4.39 Å². The highest BCUT2D eigenvalue weighted by molar-refractivity contribution is 6.32. The maximum absolute atomic E-state index is 13.1. The molecule has 176 valence electrons. The van der Waals surface area contributed by atoms with Crippen molar-refractivity contribution in [2.75, 3.05) is 38.7 Å². The number of benzene rings is 2. The van der Waals surface area contributed by atoms with Crippen molar-refractivity contribution in [2.24, 2.45) is 0 Å². The van der Waals surface area contributed by atoms with Crippen LogP contribution in [0.3, 0.4) is 0 Å². The van der Waals surface area contributed by atoms with Crippen LogP contribution < -0.4 is 10.1 Å². The standard InChI is InChI=1S/C24H27ClFN3O4/c1-16(31)27-22-12-21(25)23(33-2)11-18(22)5-8-24(32)29-10-9-28(14-20(29)15-30)13-17-3-6-19(26)7-4-17/h3-8,11-12,20,30H,9-10,13-15H2,1-2H3,(H,27,31). The summed E-state index contributed by atoms with van der Waals surface area (Å²) in [7, 11) is 1.48. The number of piperazine rings is 1. The number of nitrogens with one attached hydrogen (secondary N) is 1. The zero-order valence-corrected chi connectivity index (χ0v) is 19.3. The monoisotopic (exact) mass is 475 g/mol. The number of aliphatic hydroxyl groups excluding tert-OH is 1. The Hall–Kier alpha value is -2.94. The normalized spacial score (nSPS) is 16.8. The summed E-state index contributed by atoms with van der Waals surface area (Å²) in [5, 5.41) is 12.9. The number of hydrogen-bond donors (Lipinski definition) is 2. The van der Waals surface area contributed by atoms with Gasteiger partial charge in [-0.2, -0.15) is 0 Å². The fourth-order valence-electron chi connectivity index (χ4n) is 3.78. The van der Waals surface area contributed by atoms with Crippen LogP contribution in [0.2, 0.25) is 5.02 Å².